The van der Waals surface area contributed by atoms with Gasteiger partial charge in [-0.3, -0.25) is 0 Å². The summed E-state index contributed by atoms with van der Waals surface area (Å²) in [6, 6.07) is 10.6. The van der Waals surface area contributed by atoms with E-state index < -0.39 is 0 Å². The van der Waals surface area contributed by atoms with Gasteiger partial charge in [-0.2, -0.15) is 0 Å². The van der Waals surface area contributed by atoms with Crippen LogP contribution in [0.3, 0.4) is 0 Å². The zero-order valence-corrected chi connectivity index (χ0v) is 12.9. The van der Waals surface area contributed by atoms with Crippen LogP contribution in [0.4, 0.5) is 4.39 Å². The number of nitrogens with one attached hydrogen (secondary N) is 1. The molecule has 0 amide bonds. The topological polar surface area (TPSA) is 12.0 Å². The molecule has 106 valence electrons. The number of hydrogen-bond donors (Lipinski definition) is 1. The monoisotopic (exact) mass is 311 g/mol. The fourth-order valence-electron chi connectivity index (χ4n) is 2.28. The molecule has 1 atom stereocenters. The lowest BCUT2D eigenvalue weighted by atomic mass is 9.97. The minimum atomic E-state index is -0.225. The van der Waals surface area contributed by atoms with Gasteiger partial charge < -0.3 is 5.32 Å². The van der Waals surface area contributed by atoms with Gasteiger partial charge in [0.2, 0.25) is 0 Å². The number of aryl methyl sites for hydroxylation is 1. The van der Waals surface area contributed by atoms with Gasteiger partial charge in [0, 0.05) is 6.04 Å². The van der Waals surface area contributed by atoms with Crippen molar-refractivity contribution >= 4 is 23.2 Å². The number of benzene rings is 2. The summed E-state index contributed by atoms with van der Waals surface area (Å²) in [5.41, 5.74) is 2.75. The van der Waals surface area contributed by atoms with Crippen molar-refractivity contribution in [1.29, 1.82) is 0 Å². The SMILES string of the molecule is CNC(Cc1cccc(Cl)c1Cl)c1cc(C)cc(F)c1. The van der Waals surface area contributed by atoms with E-state index in [1.54, 1.807) is 12.1 Å². The second-order valence-electron chi connectivity index (χ2n) is 4.82. The largest absolute Gasteiger partial charge is 0.313 e. The minimum Gasteiger partial charge on any atom is -0.313 e. The first-order chi connectivity index (χ1) is 9.51. The van der Waals surface area contributed by atoms with E-state index in [1.807, 2.05) is 32.2 Å². The number of hydrogen-bond acceptors (Lipinski definition) is 1. The Morgan fingerprint density at radius 2 is 1.95 bits per heavy atom. The molecular formula is C16H16Cl2FN. The highest BCUT2D eigenvalue weighted by atomic mass is 35.5. The maximum Gasteiger partial charge on any atom is 0.123 e. The summed E-state index contributed by atoms with van der Waals surface area (Å²) in [6.07, 6.45) is 0.652. The van der Waals surface area contributed by atoms with Gasteiger partial charge in [0.15, 0.2) is 0 Å². The van der Waals surface area contributed by atoms with Gasteiger partial charge in [0.05, 0.1) is 10.0 Å². The Bertz CT molecular complexity index is 593. The van der Waals surface area contributed by atoms with Crippen LogP contribution >= 0.6 is 23.2 Å². The molecule has 1 N–H and O–H groups in total. The summed E-state index contributed by atoms with van der Waals surface area (Å²) < 4.78 is 13.5. The van der Waals surface area contributed by atoms with Crippen LogP contribution in [-0.2, 0) is 6.42 Å². The van der Waals surface area contributed by atoms with Gasteiger partial charge >= 0.3 is 0 Å². The molecule has 1 nitrogen and oxygen atoms in total. The lowest BCUT2D eigenvalue weighted by molar-refractivity contribution is 0.576. The van der Waals surface area contributed by atoms with Crippen LogP contribution in [0.2, 0.25) is 10.0 Å². The number of halogens is 3. The van der Waals surface area contributed by atoms with E-state index in [2.05, 4.69) is 5.32 Å². The first kappa shape index (κ1) is 15.3. The van der Waals surface area contributed by atoms with Crippen molar-refractivity contribution in [2.75, 3.05) is 7.05 Å². The van der Waals surface area contributed by atoms with Crippen molar-refractivity contribution in [3.05, 3.63) is 69.0 Å². The average molecular weight is 312 g/mol. The average Bonchev–Trinajstić information content (AvgIpc) is 2.39. The van der Waals surface area contributed by atoms with Crippen LogP contribution in [0, 0.1) is 12.7 Å². The van der Waals surface area contributed by atoms with Crippen molar-refractivity contribution < 1.29 is 4.39 Å². The second-order valence-corrected chi connectivity index (χ2v) is 5.61. The molecule has 0 fully saturated rings. The highest BCUT2D eigenvalue weighted by molar-refractivity contribution is 6.42. The Morgan fingerprint density at radius 3 is 2.60 bits per heavy atom. The van der Waals surface area contributed by atoms with Gasteiger partial charge in [0.1, 0.15) is 5.82 Å². The van der Waals surface area contributed by atoms with Crippen LogP contribution in [-0.4, -0.2) is 7.05 Å². The Balaban J connectivity index is 2.31. The molecule has 2 aromatic carbocycles. The summed E-state index contributed by atoms with van der Waals surface area (Å²) in [5.74, 6) is -0.225. The predicted molar refractivity (Wildman–Crippen MR) is 83.1 cm³/mol. The van der Waals surface area contributed by atoms with Gasteiger partial charge in [-0.05, 0) is 55.3 Å². The molecule has 0 saturated heterocycles. The zero-order chi connectivity index (χ0) is 14.7. The molecule has 0 saturated carbocycles. The molecular weight excluding hydrogens is 296 g/mol. The summed E-state index contributed by atoms with van der Waals surface area (Å²) in [6.45, 7) is 1.88. The lowest BCUT2D eigenvalue weighted by Gasteiger charge is -2.18. The molecule has 0 aliphatic heterocycles. The van der Waals surface area contributed by atoms with Crippen LogP contribution in [0.15, 0.2) is 36.4 Å². The van der Waals surface area contributed by atoms with E-state index in [0.717, 1.165) is 16.7 Å². The minimum absolute atomic E-state index is 0.0135. The maximum absolute atomic E-state index is 13.5. The van der Waals surface area contributed by atoms with E-state index in [-0.39, 0.29) is 11.9 Å². The summed E-state index contributed by atoms with van der Waals surface area (Å²) in [5, 5.41) is 4.29. The molecule has 0 radical (unpaired) electrons. The van der Waals surface area contributed by atoms with Crippen molar-refractivity contribution in [2.24, 2.45) is 0 Å². The maximum atomic E-state index is 13.5. The summed E-state index contributed by atoms with van der Waals surface area (Å²) in [7, 11) is 1.85. The number of rotatable bonds is 4. The summed E-state index contributed by atoms with van der Waals surface area (Å²) >= 11 is 12.2. The molecule has 0 aliphatic rings. The van der Waals surface area contributed by atoms with E-state index in [4.69, 9.17) is 23.2 Å². The third-order valence-corrected chi connectivity index (χ3v) is 4.13. The van der Waals surface area contributed by atoms with Crippen molar-refractivity contribution in [2.45, 2.75) is 19.4 Å². The third kappa shape index (κ3) is 3.51. The molecule has 0 aromatic heterocycles. The predicted octanol–water partition coefficient (Wildman–Crippen LogP) is 4.94. The van der Waals surface area contributed by atoms with Gasteiger partial charge in [-0.1, -0.05) is 41.4 Å². The van der Waals surface area contributed by atoms with Crippen LogP contribution in [0.25, 0.3) is 0 Å². The highest BCUT2D eigenvalue weighted by Crippen LogP contribution is 2.29. The van der Waals surface area contributed by atoms with Gasteiger partial charge in [-0.25, -0.2) is 4.39 Å². The molecule has 2 rings (SSSR count). The lowest BCUT2D eigenvalue weighted by Crippen LogP contribution is -2.19. The smallest absolute Gasteiger partial charge is 0.123 e. The van der Waals surface area contributed by atoms with E-state index in [1.165, 1.54) is 6.07 Å². The molecule has 1 unspecified atom stereocenters. The Kier molecular flexibility index (Phi) is 5.03. The first-order valence-corrected chi connectivity index (χ1v) is 7.14. The quantitative estimate of drug-likeness (QED) is 0.843. The first-order valence-electron chi connectivity index (χ1n) is 6.38. The summed E-state index contributed by atoms with van der Waals surface area (Å²) in [4.78, 5) is 0. The Morgan fingerprint density at radius 1 is 1.20 bits per heavy atom. The Hall–Kier alpha value is -1.09. The normalized spacial score (nSPS) is 12.4. The van der Waals surface area contributed by atoms with Crippen molar-refractivity contribution in [1.82, 2.24) is 5.32 Å². The van der Waals surface area contributed by atoms with Gasteiger partial charge in [-0.15, -0.1) is 0 Å². The van der Waals surface area contributed by atoms with Crippen LogP contribution < -0.4 is 5.32 Å². The van der Waals surface area contributed by atoms with Crippen molar-refractivity contribution in [3.63, 3.8) is 0 Å². The molecule has 0 aliphatic carbocycles. The van der Waals surface area contributed by atoms with E-state index in [0.29, 0.717) is 16.5 Å². The molecule has 2 aromatic rings. The van der Waals surface area contributed by atoms with Crippen LogP contribution in [0.5, 0.6) is 0 Å². The standard InChI is InChI=1S/C16H16Cl2FN/c1-10-6-12(8-13(19)7-10)15(20-2)9-11-4-3-5-14(17)16(11)18/h3-8,15,20H,9H2,1-2H3. The molecule has 4 heteroatoms. The van der Waals surface area contributed by atoms with Crippen molar-refractivity contribution in [3.8, 4) is 0 Å². The van der Waals surface area contributed by atoms with Crippen LogP contribution in [0.1, 0.15) is 22.7 Å². The molecule has 20 heavy (non-hydrogen) atoms. The fourth-order valence-corrected chi connectivity index (χ4v) is 2.68. The van der Waals surface area contributed by atoms with E-state index in [9.17, 15) is 4.39 Å². The number of likely N-dealkylation sites (N-methyl/N-ethyl adjacent to an activating group) is 1. The third-order valence-electron chi connectivity index (χ3n) is 3.27. The van der Waals surface area contributed by atoms with Gasteiger partial charge in [0.25, 0.3) is 0 Å². The molecule has 0 bridgehead atoms. The Labute approximate surface area is 128 Å². The molecule has 0 spiro atoms. The fraction of sp³-hybridized carbons (Fsp3) is 0.250. The second kappa shape index (κ2) is 6.57. The molecule has 0 heterocycles. The van der Waals surface area contributed by atoms with E-state index >= 15 is 0 Å². The highest BCUT2D eigenvalue weighted by Gasteiger charge is 2.14. The zero-order valence-electron chi connectivity index (χ0n) is 11.4.